The minimum absolute atomic E-state index is 0.167. The Morgan fingerprint density at radius 3 is 2.76 bits per heavy atom. The Morgan fingerprint density at radius 2 is 2.24 bits per heavy atom. The molecule has 17 heavy (non-hydrogen) atoms. The molecule has 0 saturated carbocycles. The summed E-state index contributed by atoms with van der Waals surface area (Å²) in [5.74, 6) is -0.167. The zero-order chi connectivity index (χ0) is 13.1. The Morgan fingerprint density at radius 1 is 1.59 bits per heavy atom. The third-order valence-electron chi connectivity index (χ3n) is 2.47. The molecule has 1 amide bonds. The van der Waals surface area contributed by atoms with Crippen LogP contribution in [0.15, 0.2) is 18.2 Å². The van der Waals surface area contributed by atoms with E-state index in [0.29, 0.717) is 11.4 Å². The molecule has 0 fully saturated rings. The monoisotopic (exact) mass is 366 g/mol. The van der Waals surface area contributed by atoms with E-state index in [1.54, 1.807) is 25.1 Å². The zero-order valence-corrected chi connectivity index (χ0v) is 12.8. The van der Waals surface area contributed by atoms with Crippen LogP contribution in [0.2, 0.25) is 5.02 Å². The standard InChI is InChI=1S/C12H16ClIN2O/c1-3-6-12(2,15)11(17)16-10-5-4-8(13)7-9(10)14/h4-5,7H,3,6,15H2,1-2H3,(H,16,17). The molecule has 0 radical (unpaired) electrons. The Balaban J connectivity index is 2.81. The first-order chi connectivity index (χ1) is 7.86. The van der Waals surface area contributed by atoms with Crippen molar-refractivity contribution in [2.45, 2.75) is 32.2 Å². The second-order valence-electron chi connectivity index (χ2n) is 4.25. The first-order valence-corrected chi connectivity index (χ1v) is 6.88. The van der Waals surface area contributed by atoms with E-state index in [1.807, 2.05) is 6.92 Å². The van der Waals surface area contributed by atoms with Crippen molar-refractivity contribution in [3.05, 3.63) is 26.8 Å². The quantitative estimate of drug-likeness (QED) is 0.803. The average molecular weight is 367 g/mol. The van der Waals surface area contributed by atoms with E-state index in [-0.39, 0.29) is 5.91 Å². The molecule has 0 spiro atoms. The molecule has 0 saturated heterocycles. The van der Waals surface area contributed by atoms with Gasteiger partial charge in [0.1, 0.15) is 0 Å². The van der Waals surface area contributed by atoms with Gasteiger partial charge in [0.2, 0.25) is 5.91 Å². The maximum Gasteiger partial charge on any atom is 0.244 e. The minimum atomic E-state index is -0.836. The summed E-state index contributed by atoms with van der Waals surface area (Å²) in [5.41, 5.74) is 5.87. The number of nitrogens with two attached hydrogens (primary N) is 1. The molecule has 3 nitrogen and oxygen atoms in total. The van der Waals surface area contributed by atoms with Gasteiger partial charge in [0.15, 0.2) is 0 Å². The van der Waals surface area contributed by atoms with E-state index in [2.05, 4.69) is 27.9 Å². The number of carbonyl (C=O) groups is 1. The van der Waals surface area contributed by atoms with Gasteiger partial charge in [0.05, 0.1) is 11.2 Å². The lowest BCUT2D eigenvalue weighted by Crippen LogP contribution is -2.48. The second kappa shape index (κ2) is 6.02. The lowest BCUT2D eigenvalue weighted by atomic mass is 9.96. The largest absolute Gasteiger partial charge is 0.324 e. The van der Waals surface area contributed by atoms with Crippen LogP contribution in [0.3, 0.4) is 0 Å². The number of halogens is 2. The fourth-order valence-electron chi connectivity index (χ4n) is 1.49. The molecule has 0 aliphatic heterocycles. The van der Waals surface area contributed by atoms with Gasteiger partial charge in [-0.25, -0.2) is 0 Å². The highest BCUT2D eigenvalue weighted by Crippen LogP contribution is 2.23. The molecule has 94 valence electrons. The maximum absolute atomic E-state index is 12.0. The van der Waals surface area contributed by atoms with Gasteiger partial charge >= 0.3 is 0 Å². The van der Waals surface area contributed by atoms with Crippen LogP contribution < -0.4 is 11.1 Å². The molecule has 1 rings (SSSR count). The number of rotatable bonds is 4. The lowest BCUT2D eigenvalue weighted by Gasteiger charge is -2.23. The van der Waals surface area contributed by atoms with Crippen molar-refractivity contribution in [1.82, 2.24) is 0 Å². The molecular formula is C12H16ClIN2O. The van der Waals surface area contributed by atoms with Crippen LogP contribution in [0.1, 0.15) is 26.7 Å². The summed E-state index contributed by atoms with van der Waals surface area (Å²) < 4.78 is 0.899. The number of hydrogen-bond acceptors (Lipinski definition) is 2. The summed E-state index contributed by atoms with van der Waals surface area (Å²) in [6.45, 7) is 3.75. The first-order valence-electron chi connectivity index (χ1n) is 5.42. The molecule has 3 N–H and O–H groups in total. The van der Waals surface area contributed by atoms with Crippen molar-refractivity contribution in [1.29, 1.82) is 0 Å². The molecule has 0 bridgehead atoms. The maximum atomic E-state index is 12.0. The van der Waals surface area contributed by atoms with Crippen LogP contribution >= 0.6 is 34.2 Å². The Hall–Kier alpha value is -0.330. The van der Waals surface area contributed by atoms with E-state index in [0.717, 1.165) is 15.7 Å². The fourth-order valence-corrected chi connectivity index (χ4v) is 2.50. The van der Waals surface area contributed by atoms with Crippen molar-refractivity contribution < 1.29 is 4.79 Å². The van der Waals surface area contributed by atoms with Crippen LogP contribution in [0.4, 0.5) is 5.69 Å². The SMILES string of the molecule is CCCC(C)(N)C(=O)Nc1ccc(Cl)cc1I. The summed E-state index contributed by atoms with van der Waals surface area (Å²) in [6.07, 6.45) is 1.53. The average Bonchev–Trinajstić information content (AvgIpc) is 2.22. The van der Waals surface area contributed by atoms with Gasteiger partial charge in [-0.2, -0.15) is 0 Å². The Labute approximate surface area is 120 Å². The molecule has 5 heteroatoms. The number of amides is 1. The van der Waals surface area contributed by atoms with Gasteiger partial charge in [-0.1, -0.05) is 24.9 Å². The van der Waals surface area contributed by atoms with E-state index in [1.165, 1.54) is 0 Å². The molecule has 0 aromatic heterocycles. The molecule has 1 aromatic rings. The van der Waals surface area contributed by atoms with Gasteiger partial charge in [0, 0.05) is 8.59 Å². The molecule has 1 aromatic carbocycles. The molecule has 0 aliphatic carbocycles. The highest BCUT2D eigenvalue weighted by molar-refractivity contribution is 14.1. The van der Waals surface area contributed by atoms with E-state index in [4.69, 9.17) is 17.3 Å². The summed E-state index contributed by atoms with van der Waals surface area (Å²) >= 11 is 7.98. The first kappa shape index (κ1) is 14.7. The third kappa shape index (κ3) is 4.12. The van der Waals surface area contributed by atoms with Crippen LogP contribution in [0.25, 0.3) is 0 Å². The predicted octanol–water partition coefficient (Wildman–Crippen LogP) is 3.40. The molecule has 0 heterocycles. The minimum Gasteiger partial charge on any atom is -0.324 e. The zero-order valence-electron chi connectivity index (χ0n) is 9.89. The molecule has 0 aliphatic rings. The van der Waals surface area contributed by atoms with Crippen LogP contribution in [-0.4, -0.2) is 11.4 Å². The topological polar surface area (TPSA) is 55.1 Å². The lowest BCUT2D eigenvalue weighted by molar-refractivity contribution is -0.120. The van der Waals surface area contributed by atoms with Crippen molar-refractivity contribution >= 4 is 45.8 Å². The fraction of sp³-hybridized carbons (Fsp3) is 0.417. The normalized spacial score (nSPS) is 14.2. The number of nitrogens with one attached hydrogen (secondary N) is 1. The van der Waals surface area contributed by atoms with Crippen LogP contribution in [0, 0.1) is 3.57 Å². The van der Waals surface area contributed by atoms with E-state index in [9.17, 15) is 4.79 Å². The number of anilines is 1. The van der Waals surface area contributed by atoms with Crippen molar-refractivity contribution in [3.63, 3.8) is 0 Å². The van der Waals surface area contributed by atoms with Gasteiger partial charge in [0.25, 0.3) is 0 Å². The Kier molecular flexibility index (Phi) is 5.22. The van der Waals surface area contributed by atoms with Crippen LogP contribution in [0.5, 0.6) is 0 Å². The van der Waals surface area contributed by atoms with Crippen molar-refractivity contribution in [2.24, 2.45) is 5.73 Å². The number of carbonyl (C=O) groups excluding carboxylic acids is 1. The Bertz CT molecular complexity index is 421. The van der Waals surface area contributed by atoms with Gasteiger partial charge in [-0.05, 0) is 54.1 Å². The number of benzene rings is 1. The van der Waals surface area contributed by atoms with Crippen LogP contribution in [-0.2, 0) is 4.79 Å². The van der Waals surface area contributed by atoms with Gasteiger partial charge < -0.3 is 11.1 Å². The van der Waals surface area contributed by atoms with Gasteiger partial charge in [-0.3, -0.25) is 4.79 Å². The summed E-state index contributed by atoms with van der Waals surface area (Å²) in [6, 6.07) is 5.32. The van der Waals surface area contributed by atoms with Crippen molar-refractivity contribution in [2.75, 3.05) is 5.32 Å². The van der Waals surface area contributed by atoms with Crippen molar-refractivity contribution in [3.8, 4) is 0 Å². The predicted molar refractivity (Wildman–Crippen MR) is 80.3 cm³/mol. The third-order valence-corrected chi connectivity index (χ3v) is 3.59. The molecule has 1 atom stereocenters. The summed E-state index contributed by atoms with van der Waals surface area (Å²) in [7, 11) is 0. The highest BCUT2D eigenvalue weighted by Gasteiger charge is 2.27. The second-order valence-corrected chi connectivity index (χ2v) is 5.84. The summed E-state index contributed by atoms with van der Waals surface area (Å²) in [4.78, 5) is 12.0. The van der Waals surface area contributed by atoms with Gasteiger partial charge in [-0.15, -0.1) is 0 Å². The highest BCUT2D eigenvalue weighted by atomic mass is 127. The smallest absolute Gasteiger partial charge is 0.244 e. The van der Waals surface area contributed by atoms with E-state index >= 15 is 0 Å². The van der Waals surface area contributed by atoms with E-state index < -0.39 is 5.54 Å². The molecular weight excluding hydrogens is 351 g/mol. The molecule has 1 unspecified atom stereocenters. The summed E-state index contributed by atoms with van der Waals surface area (Å²) in [5, 5.41) is 3.48. The number of hydrogen-bond donors (Lipinski definition) is 2.